The number of sulfonamides is 1. The van der Waals surface area contributed by atoms with Crippen LogP contribution in [0.4, 0.5) is 10.1 Å². The summed E-state index contributed by atoms with van der Waals surface area (Å²) < 4.78 is 49.2. The molecule has 0 aliphatic heterocycles. The number of carbonyl (C=O) groups is 1. The predicted octanol–water partition coefficient (Wildman–Crippen LogP) is 4.72. The molecule has 0 aliphatic rings. The minimum Gasteiger partial charge on any atom is -0.495 e. The van der Waals surface area contributed by atoms with Gasteiger partial charge in [0.1, 0.15) is 17.1 Å². The number of thiazole rings is 1. The summed E-state index contributed by atoms with van der Waals surface area (Å²) >= 11 is 1.39. The second kappa shape index (κ2) is 9.40. The number of hydrogen-bond donors (Lipinski definition) is 1. The maximum atomic E-state index is 13.1. The molecule has 1 aromatic heterocycles. The fourth-order valence-electron chi connectivity index (χ4n) is 3.52. The zero-order valence-corrected chi connectivity index (χ0v) is 20.3. The average molecular weight is 500 g/mol. The number of halogens is 1. The van der Waals surface area contributed by atoms with E-state index in [2.05, 4.69) is 9.71 Å². The smallest absolute Gasteiger partial charge is 0.279 e. The third-order valence-electron chi connectivity index (χ3n) is 5.20. The van der Waals surface area contributed by atoms with Crippen molar-refractivity contribution in [3.63, 3.8) is 0 Å². The van der Waals surface area contributed by atoms with Gasteiger partial charge in [-0.3, -0.25) is 9.52 Å². The molecule has 3 aromatic carbocycles. The first kappa shape index (κ1) is 23.7. The third-order valence-corrected chi connectivity index (χ3v) is 7.82. The Balaban J connectivity index is 1.70. The summed E-state index contributed by atoms with van der Waals surface area (Å²) in [6.45, 7) is 4.53. The van der Waals surface area contributed by atoms with Crippen molar-refractivity contribution in [1.29, 1.82) is 0 Å². The van der Waals surface area contributed by atoms with Crippen molar-refractivity contribution < 1.29 is 22.3 Å². The first-order valence-corrected chi connectivity index (χ1v) is 12.7. The van der Waals surface area contributed by atoms with E-state index >= 15 is 0 Å². The van der Waals surface area contributed by atoms with Crippen molar-refractivity contribution in [1.82, 2.24) is 4.57 Å². The number of methoxy groups -OCH3 is 1. The highest BCUT2D eigenvalue weighted by Gasteiger charge is 2.17. The van der Waals surface area contributed by atoms with Crippen molar-refractivity contribution in [2.45, 2.75) is 25.3 Å². The Labute approximate surface area is 200 Å². The predicted molar refractivity (Wildman–Crippen MR) is 130 cm³/mol. The van der Waals surface area contributed by atoms with Crippen LogP contribution in [-0.2, 0) is 16.6 Å². The summed E-state index contributed by atoms with van der Waals surface area (Å²) in [6.07, 6.45) is 0. The molecule has 0 radical (unpaired) electrons. The van der Waals surface area contributed by atoms with Gasteiger partial charge in [0.15, 0.2) is 4.80 Å². The maximum Gasteiger partial charge on any atom is 0.279 e. The number of rotatable bonds is 6. The zero-order valence-electron chi connectivity index (χ0n) is 18.7. The van der Waals surface area contributed by atoms with Crippen molar-refractivity contribution in [3.8, 4) is 5.75 Å². The second-order valence-electron chi connectivity index (χ2n) is 7.45. The number of hydrogen-bond acceptors (Lipinski definition) is 5. The van der Waals surface area contributed by atoms with Crippen LogP contribution in [0.3, 0.4) is 0 Å². The van der Waals surface area contributed by atoms with Gasteiger partial charge in [-0.15, -0.1) is 0 Å². The molecule has 4 rings (SSSR count). The maximum absolute atomic E-state index is 13.1. The summed E-state index contributed by atoms with van der Waals surface area (Å²) in [6, 6.07) is 14.4. The molecule has 1 N–H and O–H groups in total. The van der Waals surface area contributed by atoms with E-state index < -0.39 is 21.7 Å². The average Bonchev–Trinajstić information content (AvgIpc) is 3.18. The topological polar surface area (TPSA) is 89.8 Å². The van der Waals surface area contributed by atoms with E-state index in [4.69, 9.17) is 4.74 Å². The Morgan fingerprint density at radius 1 is 1.15 bits per heavy atom. The number of benzene rings is 3. The number of fused-ring (bicyclic) bond motifs is 1. The highest BCUT2D eigenvalue weighted by atomic mass is 32.2. The number of nitrogens with one attached hydrogen (secondary N) is 1. The Bertz CT molecular complexity index is 1560. The highest BCUT2D eigenvalue weighted by Crippen LogP contribution is 2.30. The Hall–Kier alpha value is -3.50. The fraction of sp³-hybridized carbons (Fsp3) is 0.167. The van der Waals surface area contributed by atoms with Crippen molar-refractivity contribution in [3.05, 3.63) is 82.4 Å². The zero-order chi connectivity index (χ0) is 24.5. The van der Waals surface area contributed by atoms with Gasteiger partial charge in [-0.25, -0.2) is 12.8 Å². The van der Waals surface area contributed by atoms with E-state index in [1.54, 1.807) is 19.2 Å². The lowest BCUT2D eigenvalue weighted by atomic mass is 10.2. The molecule has 0 fully saturated rings. The van der Waals surface area contributed by atoms with Gasteiger partial charge in [-0.05, 0) is 67.9 Å². The Kier molecular flexibility index (Phi) is 6.54. The first-order chi connectivity index (χ1) is 16.2. The van der Waals surface area contributed by atoms with Gasteiger partial charge in [0.25, 0.3) is 15.9 Å². The van der Waals surface area contributed by atoms with Gasteiger partial charge >= 0.3 is 0 Å². The van der Waals surface area contributed by atoms with Gasteiger partial charge in [0.2, 0.25) is 0 Å². The lowest BCUT2D eigenvalue weighted by Gasteiger charge is -2.09. The molecule has 34 heavy (non-hydrogen) atoms. The number of amides is 1. The van der Waals surface area contributed by atoms with Gasteiger partial charge in [0.05, 0.1) is 16.7 Å². The summed E-state index contributed by atoms with van der Waals surface area (Å²) in [5.74, 6) is -0.343. The van der Waals surface area contributed by atoms with Gasteiger partial charge in [0, 0.05) is 17.8 Å². The minimum absolute atomic E-state index is 0.0890. The molecule has 0 saturated heterocycles. The van der Waals surface area contributed by atoms with E-state index in [9.17, 15) is 17.6 Å². The molecular weight excluding hydrogens is 477 g/mol. The van der Waals surface area contributed by atoms with Crippen LogP contribution < -0.4 is 14.3 Å². The molecule has 1 amide bonds. The lowest BCUT2D eigenvalue weighted by Crippen LogP contribution is -2.16. The molecule has 0 spiro atoms. The van der Waals surface area contributed by atoms with E-state index in [1.165, 1.54) is 35.6 Å². The van der Waals surface area contributed by atoms with Gasteiger partial charge in [-0.1, -0.05) is 23.5 Å². The van der Waals surface area contributed by atoms with Crippen molar-refractivity contribution in [2.24, 2.45) is 4.99 Å². The van der Waals surface area contributed by atoms with Gasteiger partial charge < -0.3 is 9.30 Å². The first-order valence-electron chi connectivity index (χ1n) is 10.4. The van der Waals surface area contributed by atoms with Crippen LogP contribution in [0.2, 0.25) is 0 Å². The second-order valence-corrected chi connectivity index (χ2v) is 10.1. The van der Waals surface area contributed by atoms with Crippen LogP contribution >= 0.6 is 11.3 Å². The SMILES string of the molecule is CCn1c(=NC(=O)c2cccc(NS(=O)(=O)c3ccc(F)cc3)c2)sc2c(C)ccc(OC)c21. The molecule has 0 atom stereocenters. The van der Waals surface area contributed by atoms with E-state index in [-0.39, 0.29) is 16.1 Å². The number of carbonyl (C=O) groups excluding carboxylic acids is 1. The highest BCUT2D eigenvalue weighted by molar-refractivity contribution is 7.92. The molecule has 10 heteroatoms. The van der Waals surface area contributed by atoms with E-state index in [0.717, 1.165) is 27.9 Å². The van der Waals surface area contributed by atoms with Crippen molar-refractivity contribution in [2.75, 3.05) is 11.8 Å². The standard InChI is InChI=1S/C24H22FN3O4S2/c1-4-28-21-20(32-3)13-8-15(2)22(21)33-24(28)26-23(29)16-6-5-7-18(14-16)27-34(30,31)19-11-9-17(25)10-12-19/h5-14,27H,4H2,1-3H3. The number of ether oxygens (including phenoxy) is 1. The number of aromatic nitrogens is 1. The van der Waals surface area contributed by atoms with Crippen LogP contribution in [0.15, 0.2) is 70.6 Å². The van der Waals surface area contributed by atoms with Crippen molar-refractivity contribution >= 4 is 43.2 Å². The summed E-state index contributed by atoms with van der Waals surface area (Å²) in [4.78, 5) is 17.8. The Morgan fingerprint density at radius 2 is 1.88 bits per heavy atom. The van der Waals surface area contributed by atoms with Crippen LogP contribution in [0.1, 0.15) is 22.8 Å². The molecule has 7 nitrogen and oxygen atoms in total. The van der Waals surface area contributed by atoms with Crippen LogP contribution in [0, 0.1) is 12.7 Å². The summed E-state index contributed by atoms with van der Waals surface area (Å²) in [7, 11) is -2.35. The molecule has 176 valence electrons. The number of nitrogens with zero attached hydrogens (tertiary/aromatic N) is 2. The monoisotopic (exact) mass is 499 g/mol. The minimum atomic E-state index is -3.95. The summed E-state index contributed by atoms with van der Waals surface area (Å²) in [5.41, 5.74) is 2.35. The van der Waals surface area contributed by atoms with E-state index in [0.29, 0.717) is 17.1 Å². The molecule has 0 aliphatic carbocycles. The summed E-state index contributed by atoms with van der Waals surface area (Å²) in [5, 5.41) is 0. The van der Waals surface area contributed by atoms with Crippen LogP contribution in [-0.4, -0.2) is 26.0 Å². The quantitative estimate of drug-likeness (QED) is 0.416. The molecule has 4 aromatic rings. The lowest BCUT2D eigenvalue weighted by molar-refractivity contribution is 0.0998. The molecular formula is C24H22FN3O4S2. The van der Waals surface area contributed by atoms with Crippen LogP contribution in [0.25, 0.3) is 10.2 Å². The number of anilines is 1. The normalized spacial score (nSPS) is 12.2. The van der Waals surface area contributed by atoms with E-state index in [1.807, 2.05) is 30.5 Å². The largest absolute Gasteiger partial charge is 0.495 e. The fourth-order valence-corrected chi connectivity index (χ4v) is 5.74. The molecule has 1 heterocycles. The molecule has 0 bridgehead atoms. The van der Waals surface area contributed by atoms with Gasteiger partial charge in [-0.2, -0.15) is 4.99 Å². The Morgan fingerprint density at radius 3 is 2.56 bits per heavy atom. The molecule has 0 saturated carbocycles. The van der Waals surface area contributed by atoms with Crippen LogP contribution in [0.5, 0.6) is 5.75 Å². The molecule has 0 unspecified atom stereocenters. The number of aryl methyl sites for hydroxylation is 2. The third kappa shape index (κ3) is 4.59.